The predicted octanol–water partition coefficient (Wildman–Crippen LogP) is 4.39. The maximum Gasteiger partial charge on any atom is 0.232 e. The van der Waals surface area contributed by atoms with Gasteiger partial charge in [-0.3, -0.25) is 4.79 Å². The molecule has 1 amide bonds. The SMILES string of the molecule is O=C(NC1CCN(CCc2ccc(F)cc2)C1)C(c1ccccc1)c1ccccc1. The number of benzene rings is 3. The lowest BCUT2D eigenvalue weighted by molar-refractivity contribution is -0.122. The van der Waals surface area contributed by atoms with Crippen molar-refractivity contribution in [3.05, 3.63) is 107 Å². The molecule has 1 aliphatic rings. The van der Waals surface area contributed by atoms with E-state index in [0.29, 0.717) is 0 Å². The molecule has 4 heteroatoms. The molecule has 1 heterocycles. The van der Waals surface area contributed by atoms with E-state index in [1.807, 2.05) is 72.8 Å². The van der Waals surface area contributed by atoms with Gasteiger partial charge in [-0.15, -0.1) is 0 Å². The summed E-state index contributed by atoms with van der Waals surface area (Å²) in [5.74, 6) is -0.451. The lowest BCUT2D eigenvalue weighted by Gasteiger charge is -2.21. The molecule has 0 radical (unpaired) electrons. The summed E-state index contributed by atoms with van der Waals surface area (Å²) in [5, 5.41) is 3.28. The van der Waals surface area contributed by atoms with Crippen molar-refractivity contribution in [3.8, 4) is 0 Å². The van der Waals surface area contributed by atoms with Crippen molar-refractivity contribution in [3.63, 3.8) is 0 Å². The lowest BCUT2D eigenvalue weighted by Crippen LogP contribution is -2.40. The van der Waals surface area contributed by atoms with Crippen LogP contribution in [-0.4, -0.2) is 36.5 Å². The standard InChI is InChI=1S/C26H27FN2O/c27-23-13-11-20(12-14-23)15-17-29-18-16-24(19-29)28-26(30)25(21-7-3-1-4-8-21)22-9-5-2-6-10-22/h1-14,24-25H,15-19H2,(H,28,30). The second-order valence-electron chi connectivity index (χ2n) is 7.93. The third-order valence-electron chi connectivity index (χ3n) is 5.78. The monoisotopic (exact) mass is 402 g/mol. The highest BCUT2D eigenvalue weighted by molar-refractivity contribution is 5.87. The predicted molar refractivity (Wildman–Crippen MR) is 118 cm³/mol. The average Bonchev–Trinajstić information content (AvgIpc) is 3.22. The molecule has 3 aromatic carbocycles. The molecule has 0 aliphatic carbocycles. The van der Waals surface area contributed by atoms with Gasteiger partial charge in [0, 0.05) is 25.7 Å². The Morgan fingerprint density at radius 2 is 1.53 bits per heavy atom. The largest absolute Gasteiger partial charge is 0.351 e. The van der Waals surface area contributed by atoms with Crippen LogP contribution < -0.4 is 5.32 Å². The highest BCUT2D eigenvalue weighted by atomic mass is 19.1. The summed E-state index contributed by atoms with van der Waals surface area (Å²) < 4.78 is 13.1. The van der Waals surface area contributed by atoms with Crippen LogP contribution in [0.2, 0.25) is 0 Å². The van der Waals surface area contributed by atoms with Crippen LogP contribution in [0.3, 0.4) is 0 Å². The van der Waals surface area contributed by atoms with Crippen molar-refractivity contribution in [1.29, 1.82) is 0 Å². The molecule has 3 aromatic rings. The third-order valence-corrected chi connectivity index (χ3v) is 5.78. The normalized spacial score (nSPS) is 16.7. The molecule has 0 bridgehead atoms. The number of hydrogen-bond donors (Lipinski definition) is 1. The first-order chi connectivity index (χ1) is 14.7. The highest BCUT2D eigenvalue weighted by Gasteiger charge is 2.28. The summed E-state index contributed by atoms with van der Waals surface area (Å²) in [5.41, 5.74) is 3.15. The number of nitrogens with zero attached hydrogens (tertiary/aromatic N) is 1. The zero-order chi connectivity index (χ0) is 20.8. The maximum absolute atomic E-state index is 13.3. The minimum absolute atomic E-state index is 0.0535. The first-order valence-electron chi connectivity index (χ1n) is 10.6. The lowest BCUT2D eigenvalue weighted by atomic mass is 9.90. The fourth-order valence-corrected chi connectivity index (χ4v) is 4.16. The zero-order valence-corrected chi connectivity index (χ0v) is 17.0. The van der Waals surface area contributed by atoms with Crippen molar-refractivity contribution < 1.29 is 9.18 Å². The molecule has 1 N–H and O–H groups in total. The Bertz CT molecular complexity index is 904. The number of hydrogen-bond acceptors (Lipinski definition) is 2. The summed E-state index contributed by atoms with van der Waals surface area (Å²) in [6.07, 6.45) is 1.84. The molecule has 1 aliphatic heterocycles. The molecule has 1 saturated heterocycles. The number of halogens is 1. The molecule has 0 spiro atoms. The van der Waals surface area contributed by atoms with Gasteiger partial charge in [-0.2, -0.15) is 0 Å². The first kappa shape index (κ1) is 20.3. The van der Waals surface area contributed by atoms with Crippen LogP contribution in [0.15, 0.2) is 84.9 Å². The molecule has 154 valence electrons. The fraction of sp³-hybridized carbons (Fsp3) is 0.269. The molecule has 30 heavy (non-hydrogen) atoms. The third kappa shape index (κ3) is 5.14. The Morgan fingerprint density at radius 3 is 2.13 bits per heavy atom. The topological polar surface area (TPSA) is 32.3 Å². The first-order valence-corrected chi connectivity index (χ1v) is 10.6. The number of carbonyl (C=O) groups excluding carboxylic acids is 1. The van der Waals surface area contributed by atoms with Gasteiger partial charge < -0.3 is 10.2 Å². The Balaban J connectivity index is 1.37. The van der Waals surface area contributed by atoms with E-state index in [1.54, 1.807) is 0 Å². The molecule has 0 saturated carbocycles. The number of amides is 1. The Hall–Kier alpha value is -2.98. The van der Waals surface area contributed by atoms with Gasteiger partial charge in [0.1, 0.15) is 5.82 Å². The van der Waals surface area contributed by atoms with E-state index in [1.165, 1.54) is 12.1 Å². The Morgan fingerprint density at radius 1 is 0.933 bits per heavy atom. The van der Waals surface area contributed by atoms with Crippen LogP contribution in [0.5, 0.6) is 0 Å². The van der Waals surface area contributed by atoms with Gasteiger partial charge in [0.05, 0.1) is 5.92 Å². The minimum Gasteiger partial charge on any atom is -0.351 e. The van der Waals surface area contributed by atoms with E-state index < -0.39 is 0 Å². The van der Waals surface area contributed by atoms with Crippen LogP contribution in [0, 0.1) is 5.82 Å². The quantitative estimate of drug-likeness (QED) is 0.636. The smallest absolute Gasteiger partial charge is 0.232 e. The molecule has 3 nitrogen and oxygen atoms in total. The summed E-state index contributed by atoms with van der Waals surface area (Å²) in [6.45, 7) is 2.73. The van der Waals surface area contributed by atoms with E-state index in [0.717, 1.165) is 49.2 Å². The number of carbonyl (C=O) groups is 1. The summed E-state index contributed by atoms with van der Waals surface area (Å²) in [4.78, 5) is 15.6. The molecular formula is C26H27FN2O. The average molecular weight is 403 g/mol. The molecule has 0 aromatic heterocycles. The van der Waals surface area contributed by atoms with Gasteiger partial charge in [0.15, 0.2) is 0 Å². The minimum atomic E-state index is -0.305. The van der Waals surface area contributed by atoms with E-state index in [4.69, 9.17) is 0 Å². The van der Waals surface area contributed by atoms with Gasteiger partial charge in [-0.05, 0) is 41.7 Å². The molecule has 4 rings (SSSR count). The van der Waals surface area contributed by atoms with Crippen LogP contribution in [0.25, 0.3) is 0 Å². The van der Waals surface area contributed by atoms with E-state index >= 15 is 0 Å². The molecule has 1 fully saturated rings. The molecule has 1 atom stereocenters. The van der Waals surface area contributed by atoms with Gasteiger partial charge in [-0.25, -0.2) is 4.39 Å². The van der Waals surface area contributed by atoms with Crippen LogP contribution >= 0.6 is 0 Å². The van der Waals surface area contributed by atoms with E-state index in [-0.39, 0.29) is 23.7 Å². The van der Waals surface area contributed by atoms with Gasteiger partial charge in [-0.1, -0.05) is 72.8 Å². The van der Waals surface area contributed by atoms with Gasteiger partial charge >= 0.3 is 0 Å². The number of likely N-dealkylation sites (tertiary alicyclic amines) is 1. The molecule has 1 unspecified atom stereocenters. The van der Waals surface area contributed by atoms with E-state index in [2.05, 4.69) is 10.2 Å². The van der Waals surface area contributed by atoms with Crippen LogP contribution in [-0.2, 0) is 11.2 Å². The number of rotatable bonds is 7. The van der Waals surface area contributed by atoms with Crippen molar-refractivity contribution in [2.24, 2.45) is 0 Å². The van der Waals surface area contributed by atoms with E-state index in [9.17, 15) is 9.18 Å². The van der Waals surface area contributed by atoms with Gasteiger partial charge in [0.25, 0.3) is 0 Å². The number of nitrogens with one attached hydrogen (secondary N) is 1. The Kier molecular flexibility index (Phi) is 6.55. The van der Waals surface area contributed by atoms with Crippen molar-refractivity contribution in [2.45, 2.75) is 24.8 Å². The summed E-state index contributed by atoms with van der Waals surface area (Å²) in [7, 11) is 0. The molecular weight excluding hydrogens is 375 g/mol. The van der Waals surface area contributed by atoms with Crippen LogP contribution in [0.1, 0.15) is 29.0 Å². The summed E-state index contributed by atoms with van der Waals surface area (Å²) >= 11 is 0. The highest BCUT2D eigenvalue weighted by Crippen LogP contribution is 2.25. The van der Waals surface area contributed by atoms with Crippen LogP contribution in [0.4, 0.5) is 4.39 Å². The maximum atomic E-state index is 13.3. The van der Waals surface area contributed by atoms with Crippen molar-refractivity contribution >= 4 is 5.91 Å². The van der Waals surface area contributed by atoms with Crippen molar-refractivity contribution in [1.82, 2.24) is 10.2 Å². The van der Waals surface area contributed by atoms with Crippen molar-refractivity contribution in [2.75, 3.05) is 19.6 Å². The zero-order valence-electron chi connectivity index (χ0n) is 17.0. The summed E-state index contributed by atoms with van der Waals surface area (Å²) in [6, 6.07) is 26.8. The fourth-order valence-electron chi connectivity index (χ4n) is 4.16. The second kappa shape index (κ2) is 9.68. The second-order valence-corrected chi connectivity index (χ2v) is 7.93. The Labute approximate surface area is 177 Å². The van der Waals surface area contributed by atoms with Gasteiger partial charge in [0.2, 0.25) is 5.91 Å².